The first-order valence-electron chi connectivity index (χ1n) is 3.54. The van der Waals surface area contributed by atoms with E-state index in [1.165, 1.54) is 12.9 Å². The van der Waals surface area contributed by atoms with Gasteiger partial charge in [0.15, 0.2) is 0 Å². The maximum Gasteiger partial charge on any atom is 0.417 e. The minimum Gasteiger partial charge on any atom is -0.455 e. The van der Waals surface area contributed by atoms with E-state index in [0.29, 0.717) is 6.61 Å². The van der Waals surface area contributed by atoms with Crippen LogP contribution in [0.5, 0.6) is 0 Å². The lowest BCUT2D eigenvalue weighted by Gasteiger charge is -2.20. The summed E-state index contributed by atoms with van der Waals surface area (Å²) in [6, 6.07) is 0. The van der Waals surface area contributed by atoms with Gasteiger partial charge >= 0.3 is 6.47 Å². The third-order valence-corrected chi connectivity index (χ3v) is 1.60. The zero-order valence-electron chi connectivity index (χ0n) is 5.84. The summed E-state index contributed by atoms with van der Waals surface area (Å²) in [6.45, 7) is 2.55. The fraction of sp³-hybridized carbons (Fsp3) is 0.857. The van der Waals surface area contributed by atoms with Crippen molar-refractivity contribution in [2.75, 3.05) is 13.2 Å². The first kappa shape index (κ1) is 7.54. The standard InChI is InChI=1S/C7H11O3/c8-6-9-5-7-3-1-2-4-10-7/h7H,1-5H2. The summed E-state index contributed by atoms with van der Waals surface area (Å²) in [5.74, 6) is 0. The van der Waals surface area contributed by atoms with E-state index in [2.05, 4.69) is 4.74 Å². The van der Waals surface area contributed by atoms with Crippen molar-refractivity contribution in [3.05, 3.63) is 0 Å². The monoisotopic (exact) mass is 143 g/mol. The maximum absolute atomic E-state index is 9.64. The Balaban J connectivity index is 2.07. The number of ether oxygens (including phenoxy) is 2. The summed E-state index contributed by atoms with van der Waals surface area (Å²) >= 11 is 0. The second kappa shape index (κ2) is 4.28. The molecule has 1 fully saturated rings. The molecular weight excluding hydrogens is 132 g/mol. The Kier molecular flexibility index (Phi) is 3.22. The van der Waals surface area contributed by atoms with Crippen LogP contribution in [-0.2, 0) is 14.3 Å². The van der Waals surface area contributed by atoms with Crippen molar-refractivity contribution < 1.29 is 14.3 Å². The van der Waals surface area contributed by atoms with E-state index in [1.807, 2.05) is 0 Å². The van der Waals surface area contributed by atoms with Crippen molar-refractivity contribution in [1.82, 2.24) is 0 Å². The molecule has 0 aromatic rings. The SMILES string of the molecule is O=[C]OCC1CCCCO1. The molecule has 1 heterocycles. The van der Waals surface area contributed by atoms with Gasteiger partial charge in [-0.25, -0.2) is 4.79 Å². The van der Waals surface area contributed by atoms with Crippen LogP contribution in [0.25, 0.3) is 0 Å². The van der Waals surface area contributed by atoms with Crippen LogP contribution in [0.15, 0.2) is 0 Å². The molecule has 3 nitrogen and oxygen atoms in total. The molecule has 0 spiro atoms. The molecule has 1 saturated heterocycles. The first-order chi connectivity index (χ1) is 4.93. The molecule has 0 N–H and O–H groups in total. The van der Waals surface area contributed by atoms with Crippen LogP contribution in [0.2, 0.25) is 0 Å². The van der Waals surface area contributed by atoms with Crippen LogP contribution in [0, 0.1) is 0 Å². The lowest BCUT2D eigenvalue weighted by molar-refractivity contribution is -0.0143. The second-order valence-corrected chi connectivity index (χ2v) is 2.38. The van der Waals surface area contributed by atoms with E-state index in [0.717, 1.165) is 19.4 Å². The largest absolute Gasteiger partial charge is 0.455 e. The number of hydrogen-bond donors (Lipinski definition) is 0. The Morgan fingerprint density at radius 3 is 3.10 bits per heavy atom. The third kappa shape index (κ3) is 2.35. The summed E-state index contributed by atoms with van der Waals surface area (Å²) in [6.07, 6.45) is 3.42. The Bertz CT molecular complexity index is 97.0. The minimum atomic E-state index is 0.121. The summed E-state index contributed by atoms with van der Waals surface area (Å²) in [4.78, 5) is 9.64. The molecule has 10 heavy (non-hydrogen) atoms. The molecule has 0 saturated carbocycles. The van der Waals surface area contributed by atoms with Gasteiger partial charge in [0, 0.05) is 6.61 Å². The average molecular weight is 143 g/mol. The predicted molar refractivity (Wildman–Crippen MR) is 35.2 cm³/mol. The minimum absolute atomic E-state index is 0.121. The second-order valence-electron chi connectivity index (χ2n) is 2.38. The zero-order chi connectivity index (χ0) is 7.23. The van der Waals surface area contributed by atoms with Crippen molar-refractivity contribution in [3.63, 3.8) is 0 Å². The van der Waals surface area contributed by atoms with Crippen molar-refractivity contribution >= 4 is 6.47 Å². The highest BCUT2D eigenvalue weighted by molar-refractivity contribution is 5.38. The summed E-state index contributed by atoms with van der Waals surface area (Å²) in [5, 5.41) is 0. The molecule has 57 valence electrons. The molecule has 1 rings (SSSR count). The summed E-state index contributed by atoms with van der Waals surface area (Å²) in [5.41, 5.74) is 0. The Hall–Kier alpha value is -0.570. The van der Waals surface area contributed by atoms with E-state index in [9.17, 15) is 4.79 Å². The molecule has 1 aliphatic heterocycles. The van der Waals surface area contributed by atoms with Crippen molar-refractivity contribution in [3.8, 4) is 0 Å². The first-order valence-corrected chi connectivity index (χ1v) is 3.54. The predicted octanol–water partition coefficient (Wildman–Crippen LogP) is 0.639. The van der Waals surface area contributed by atoms with Crippen molar-refractivity contribution in [2.45, 2.75) is 25.4 Å². The van der Waals surface area contributed by atoms with Gasteiger partial charge < -0.3 is 9.47 Å². The Labute approximate surface area is 60.3 Å². The van der Waals surface area contributed by atoms with Gasteiger partial charge in [-0.2, -0.15) is 0 Å². The summed E-state index contributed by atoms with van der Waals surface area (Å²) < 4.78 is 9.72. The maximum atomic E-state index is 9.64. The van der Waals surface area contributed by atoms with Gasteiger partial charge in [-0.05, 0) is 19.3 Å². The highest BCUT2D eigenvalue weighted by Crippen LogP contribution is 2.12. The van der Waals surface area contributed by atoms with Crippen LogP contribution in [-0.4, -0.2) is 25.8 Å². The normalized spacial score (nSPS) is 25.8. The van der Waals surface area contributed by atoms with Gasteiger partial charge in [-0.3, -0.25) is 0 Å². The fourth-order valence-corrected chi connectivity index (χ4v) is 1.07. The van der Waals surface area contributed by atoms with E-state index >= 15 is 0 Å². The molecule has 0 bridgehead atoms. The molecule has 3 heteroatoms. The number of carbonyl (C=O) groups excluding carboxylic acids is 1. The quantitative estimate of drug-likeness (QED) is 0.581. The molecular formula is C7H11O3. The van der Waals surface area contributed by atoms with E-state index < -0.39 is 0 Å². The average Bonchev–Trinajstić information content (AvgIpc) is 2.03. The van der Waals surface area contributed by atoms with Crippen LogP contribution in [0.4, 0.5) is 0 Å². The molecule has 1 aliphatic rings. The van der Waals surface area contributed by atoms with Crippen LogP contribution in [0.1, 0.15) is 19.3 Å². The highest BCUT2D eigenvalue weighted by atomic mass is 16.6. The molecule has 0 aliphatic carbocycles. The van der Waals surface area contributed by atoms with Crippen molar-refractivity contribution in [2.24, 2.45) is 0 Å². The third-order valence-electron chi connectivity index (χ3n) is 1.60. The Morgan fingerprint density at radius 1 is 1.60 bits per heavy atom. The van der Waals surface area contributed by atoms with Crippen molar-refractivity contribution in [1.29, 1.82) is 0 Å². The topological polar surface area (TPSA) is 35.5 Å². The van der Waals surface area contributed by atoms with E-state index in [4.69, 9.17) is 4.74 Å². The number of rotatable bonds is 3. The molecule has 1 unspecified atom stereocenters. The van der Waals surface area contributed by atoms with Gasteiger partial charge in [-0.15, -0.1) is 0 Å². The fourth-order valence-electron chi connectivity index (χ4n) is 1.07. The van der Waals surface area contributed by atoms with E-state index in [-0.39, 0.29) is 6.10 Å². The molecule has 0 aromatic carbocycles. The molecule has 1 radical (unpaired) electrons. The van der Waals surface area contributed by atoms with Gasteiger partial charge in [0.1, 0.15) is 6.61 Å². The molecule has 0 aromatic heterocycles. The summed E-state index contributed by atoms with van der Waals surface area (Å²) in [7, 11) is 0. The Morgan fingerprint density at radius 2 is 2.50 bits per heavy atom. The van der Waals surface area contributed by atoms with Gasteiger partial charge in [0.05, 0.1) is 6.10 Å². The smallest absolute Gasteiger partial charge is 0.417 e. The van der Waals surface area contributed by atoms with Gasteiger partial charge in [0.2, 0.25) is 0 Å². The zero-order valence-corrected chi connectivity index (χ0v) is 5.84. The van der Waals surface area contributed by atoms with Crippen LogP contribution in [0.3, 0.4) is 0 Å². The molecule has 1 atom stereocenters. The van der Waals surface area contributed by atoms with Crippen LogP contribution < -0.4 is 0 Å². The van der Waals surface area contributed by atoms with Gasteiger partial charge in [-0.1, -0.05) is 0 Å². The lowest BCUT2D eigenvalue weighted by atomic mass is 10.1. The van der Waals surface area contributed by atoms with E-state index in [1.54, 1.807) is 0 Å². The van der Waals surface area contributed by atoms with Gasteiger partial charge in [0.25, 0.3) is 0 Å². The highest BCUT2D eigenvalue weighted by Gasteiger charge is 2.13. The number of hydrogen-bond acceptors (Lipinski definition) is 3. The lowest BCUT2D eigenvalue weighted by Crippen LogP contribution is -2.23. The molecule has 0 amide bonds. The van der Waals surface area contributed by atoms with Crippen LogP contribution >= 0.6 is 0 Å².